The van der Waals surface area contributed by atoms with E-state index in [0.717, 1.165) is 11.3 Å². The fourth-order valence-electron chi connectivity index (χ4n) is 1.17. The maximum atomic E-state index is 12.0. The minimum atomic E-state index is -3.45. The van der Waals surface area contributed by atoms with Crippen molar-refractivity contribution in [3.8, 4) is 0 Å². The van der Waals surface area contributed by atoms with Gasteiger partial charge in [0.1, 0.15) is 0 Å². The molecule has 1 aromatic heterocycles. The number of sulfonamides is 1. The summed E-state index contributed by atoms with van der Waals surface area (Å²) in [6.45, 7) is 4.49. The maximum Gasteiger partial charge on any atom is 0.261 e. The molecule has 1 rings (SSSR count). The molecule has 0 fully saturated rings. The third-order valence-electron chi connectivity index (χ3n) is 2.29. The fourth-order valence-corrected chi connectivity index (χ4v) is 3.53. The minimum Gasteiger partial charge on any atom is -0.352 e. The van der Waals surface area contributed by atoms with Crippen molar-refractivity contribution in [2.24, 2.45) is 0 Å². The van der Waals surface area contributed by atoms with Crippen molar-refractivity contribution in [1.29, 1.82) is 0 Å². The van der Waals surface area contributed by atoms with Crippen LogP contribution in [-0.2, 0) is 10.0 Å². The lowest BCUT2D eigenvalue weighted by Crippen LogP contribution is -2.26. The highest BCUT2D eigenvalue weighted by Gasteiger charge is 2.22. The molecule has 0 aromatic carbocycles. The van der Waals surface area contributed by atoms with E-state index in [1.807, 2.05) is 6.92 Å². The van der Waals surface area contributed by atoms with E-state index < -0.39 is 10.0 Å². The second-order valence-electron chi connectivity index (χ2n) is 3.43. The van der Waals surface area contributed by atoms with Crippen molar-refractivity contribution in [3.63, 3.8) is 0 Å². The van der Waals surface area contributed by atoms with Crippen molar-refractivity contribution in [2.45, 2.75) is 18.7 Å². The highest BCUT2D eigenvalue weighted by Crippen LogP contribution is 2.21. The van der Waals surface area contributed by atoms with Gasteiger partial charge in [-0.25, -0.2) is 12.7 Å². The fraction of sp³-hybridized carbons (Fsp3) is 0.500. The number of hydrogen-bond acceptors (Lipinski definition) is 4. The lowest BCUT2D eigenvalue weighted by atomic mass is 10.4. The number of carbonyl (C=O) groups excluding carboxylic acids is 1. The zero-order valence-electron chi connectivity index (χ0n) is 10.1. The quantitative estimate of drug-likeness (QED) is 0.877. The molecule has 1 N–H and O–H groups in total. The van der Waals surface area contributed by atoms with Crippen molar-refractivity contribution in [2.75, 3.05) is 20.1 Å². The van der Waals surface area contributed by atoms with Gasteiger partial charge >= 0.3 is 0 Å². The second kappa shape index (κ2) is 5.61. The molecule has 0 aliphatic rings. The topological polar surface area (TPSA) is 66.5 Å². The van der Waals surface area contributed by atoms with Gasteiger partial charge in [-0.1, -0.05) is 6.92 Å². The predicted molar refractivity (Wildman–Crippen MR) is 67.8 cm³/mol. The summed E-state index contributed by atoms with van der Waals surface area (Å²) in [5, 5.41) is 4.12. The predicted octanol–water partition coefficient (Wildman–Crippen LogP) is 1.14. The first-order valence-electron chi connectivity index (χ1n) is 5.26. The molecule has 1 amide bonds. The molecule has 0 unspecified atom stereocenters. The van der Waals surface area contributed by atoms with Crippen LogP contribution < -0.4 is 5.32 Å². The van der Waals surface area contributed by atoms with Gasteiger partial charge in [-0.3, -0.25) is 4.79 Å². The third-order valence-corrected chi connectivity index (χ3v) is 5.28. The van der Waals surface area contributed by atoms with Gasteiger partial charge < -0.3 is 5.32 Å². The molecule has 5 nitrogen and oxygen atoms in total. The van der Waals surface area contributed by atoms with Crippen LogP contribution >= 0.6 is 11.3 Å². The zero-order chi connectivity index (χ0) is 13.1. The molecule has 0 bridgehead atoms. The average Bonchev–Trinajstić information content (AvgIpc) is 2.78. The summed E-state index contributed by atoms with van der Waals surface area (Å²) >= 11 is 1.13. The Hall–Kier alpha value is -0.920. The number of carbonyl (C=O) groups is 1. The number of nitrogens with one attached hydrogen (secondary N) is 1. The SMILES string of the molecule is CCNC(=O)c1cc(S(=O)(=O)N(C)CC)cs1. The summed E-state index contributed by atoms with van der Waals surface area (Å²) in [5.74, 6) is -0.238. The van der Waals surface area contributed by atoms with E-state index in [1.54, 1.807) is 6.92 Å². The van der Waals surface area contributed by atoms with Crippen LogP contribution in [0.25, 0.3) is 0 Å². The lowest BCUT2D eigenvalue weighted by molar-refractivity contribution is 0.0959. The Morgan fingerprint density at radius 2 is 2.12 bits per heavy atom. The molecule has 0 spiro atoms. The van der Waals surface area contributed by atoms with Gasteiger partial charge in [0, 0.05) is 25.5 Å². The Labute approximate surface area is 105 Å². The normalized spacial score (nSPS) is 11.8. The van der Waals surface area contributed by atoms with Gasteiger partial charge in [0.05, 0.1) is 9.77 Å². The van der Waals surface area contributed by atoms with Crippen LogP contribution in [0.4, 0.5) is 0 Å². The largest absolute Gasteiger partial charge is 0.352 e. The van der Waals surface area contributed by atoms with Gasteiger partial charge in [-0.2, -0.15) is 0 Å². The number of hydrogen-bond donors (Lipinski definition) is 1. The molecular weight excluding hydrogens is 260 g/mol. The van der Waals surface area contributed by atoms with Crippen LogP contribution in [-0.4, -0.2) is 38.8 Å². The monoisotopic (exact) mass is 276 g/mol. The molecule has 17 heavy (non-hydrogen) atoms. The van der Waals surface area contributed by atoms with E-state index in [1.165, 1.54) is 22.8 Å². The van der Waals surface area contributed by atoms with Gasteiger partial charge in [-0.15, -0.1) is 11.3 Å². The molecule has 0 radical (unpaired) electrons. The van der Waals surface area contributed by atoms with Gasteiger partial charge in [0.25, 0.3) is 5.91 Å². The second-order valence-corrected chi connectivity index (χ2v) is 6.38. The van der Waals surface area contributed by atoms with E-state index in [4.69, 9.17) is 0 Å². The Kier molecular flexibility index (Phi) is 4.67. The molecule has 0 aliphatic heterocycles. The van der Waals surface area contributed by atoms with E-state index in [9.17, 15) is 13.2 Å². The minimum absolute atomic E-state index is 0.174. The molecule has 7 heteroatoms. The first-order valence-corrected chi connectivity index (χ1v) is 7.58. The van der Waals surface area contributed by atoms with Gasteiger partial charge in [0.2, 0.25) is 10.0 Å². The van der Waals surface area contributed by atoms with Crippen molar-refractivity contribution in [3.05, 3.63) is 16.3 Å². The molecule has 0 aliphatic carbocycles. The molecule has 0 atom stereocenters. The molecule has 1 heterocycles. The van der Waals surface area contributed by atoms with E-state index in [-0.39, 0.29) is 10.8 Å². The number of rotatable bonds is 5. The first kappa shape index (κ1) is 14.1. The number of nitrogens with zero attached hydrogens (tertiary/aromatic N) is 1. The molecule has 1 aromatic rings. The summed E-state index contributed by atoms with van der Waals surface area (Å²) in [6.07, 6.45) is 0. The molecule has 96 valence electrons. The standard InChI is InChI=1S/C10H16N2O3S2/c1-4-11-10(13)9-6-8(7-16-9)17(14,15)12(3)5-2/h6-7H,4-5H2,1-3H3,(H,11,13). The summed E-state index contributed by atoms with van der Waals surface area (Å²) in [6, 6.07) is 1.41. The van der Waals surface area contributed by atoms with E-state index >= 15 is 0 Å². The number of amides is 1. The van der Waals surface area contributed by atoms with Gasteiger partial charge in [0.15, 0.2) is 0 Å². The van der Waals surface area contributed by atoms with Crippen LogP contribution in [0.3, 0.4) is 0 Å². The summed E-state index contributed by atoms with van der Waals surface area (Å²) in [7, 11) is -1.94. The van der Waals surface area contributed by atoms with Crippen LogP contribution in [0.5, 0.6) is 0 Å². The average molecular weight is 276 g/mol. The molecule has 0 saturated carbocycles. The highest BCUT2D eigenvalue weighted by molar-refractivity contribution is 7.89. The first-order chi connectivity index (χ1) is 7.93. The molecule has 0 saturated heterocycles. The zero-order valence-corrected chi connectivity index (χ0v) is 11.7. The maximum absolute atomic E-state index is 12.0. The van der Waals surface area contributed by atoms with Crippen LogP contribution in [0.15, 0.2) is 16.3 Å². The van der Waals surface area contributed by atoms with Crippen molar-refractivity contribution < 1.29 is 13.2 Å². The Balaban J connectivity index is 2.99. The van der Waals surface area contributed by atoms with Gasteiger partial charge in [-0.05, 0) is 13.0 Å². The van der Waals surface area contributed by atoms with E-state index in [2.05, 4.69) is 5.32 Å². The third kappa shape index (κ3) is 3.05. The Bertz CT molecular complexity index is 493. The van der Waals surface area contributed by atoms with Crippen LogP contribution in [0.2, 0.25) is 0 Å². The summed E-state index contributed by atoms with van der Waals surface area (Å²) in [5.41, 5.74) is 0. The van der Waals surface area contributed by atoms with Crippen LogP contribution in [0.1, 0.15) is 23.5 Å². The Morgan fingerprint density at radius 3 is 2.65 bits per heavy atom. The lowest BCUT2D eigenvalue weighted by Gasteiger charge is -2.12. The highest BCUT2D eigenvalue weighted by atomic mass is 32.2. The smallest absolute Gasteiger partial charge is 0.261 e. The van der Waals surface area contributed by atoms with Crippen molar-refractivity contribution >= 4 is 27.3 Å². The Morgan fingerprint density at radius 1 is 1.47 bits per heavy atom. The summed E-state index contributed by atoms with van der Waals surface area (Å²) in [4.78, 5) is 12.1. The van der Waals surface area contributed by atoms with Crippen LogP contribution in [0, 0.1) is 0 Å². The van der Waals surface area contributed by atoms with E-state index in [0.29, 0.717) is 18.0 Å². The summed E-state index contributed by atoms with van der Waals surface area (Å²) < 4.78 is 25.2. The number of thiophene rings is 1. The molecular formula is C10H16N2O3S2. The van der Waals surface area contributed by atoms with Crippen molar-refractivity contribution in [1.82, 2.24) is 9.62 Å².